The molecule has 3 aromatic rings. The molecule has 3 rings (SSSR count). The van der Waals surface area contributed by atoms with Gasteiger partial charge in [-0.3, -0.25) is 0 Å². The van der Waals surface area contributed by atoms with Crippen molar-refractivity contribution in [2.24, 2.45) is 0 Å². The van der Waals surface area contributed by atoms with Crippen molar-refractivity contribution in [3.63, 3.8) is 0 Å². The average molecular weight is 423 g/mol. The van der Waals surface area contributed by atoms with Crippen molar-refractivity contribution in [2.45, 2.75) is 24.4 Å². The minimum atomic E-state index is -0.381. The predicted molar refractivity (Wildman–Crippen MR) is 109 cm³/mol. The van der Waals surface area contributed by atoms with E-state index >= 15 is 0 Å². The number of thioether (sulfide) groups is 1. The van der Waals surface area contributed by atoms with Crippen LogP contribution in [0.3, 0.4) is 0 Å². The van der Waals surface area contributed by atoms with E-state index in [1.165, 1.54) is 17.8 Å². The number of fused-ring (bicyclic) bond motifs is 1. The number of ether oxygens (including phenoxy) is 2. The van der Waals surface area contributed by atoms with Crippen molar-refractivity contribution in [3.8, 4) is 0 Å². The van der Waals surface area contributed by atoms with Gasteiger partial charge in [0.15, 0.2) is 5.16 Å². The van der Waals surface area contributed by atoms with Crippen LogP contribution in [0.15, 0.2) is 41.6 Å². The molecule has 1 heterocycles. The van der Waals surface area contributed by atoms with Crippen molar-refractivity contribution < 1.29 is 18.7 Å². The molecule has 0 aliphatic rings. The Labute approximate surface area is 171 Å². The summed E-state index contributed by atoms with van der Waals surface area (Å²) in [6.07, 6.45) is 0. The van der Waals surface area contributed by atoms with Crippen LogP contribution < -0.4 is 0 Å². The highest BCUT2D eigenvalue weighted by molar-refractivity contribution is 7.98. The molecule has 8 heteroatoms. The number of esters is 1. The topological polar surface area (TPSA) is 53.3 Å². The number of halogens is 2. The molecule has 1 aromatic heterocycles. The fourth-order valence-corrected chi connectivity index (χ4v) is 3.92. The summed E-state index contributed by atoms with van der Waals surface area (Å²) in [5.74, 6) is -0.318. The molecule has 0 saturated carbocycles. The molecular formula is C20H20ClFN2O3S. The molecule has 2 aromatic carbocycles. The number of nitrogens with zero attached hydrogens (tertiary/aromatic N) is 2. The molecule has 0 spiro atoms. The Kier molecular flexibility index (Phi) is 6.93. The lowest BCUT2D eigenvalue weighted by molar-refractivity contribution is 0.0526. The SMILES string of the molecule is CCOC(=O)c1ccc2c(c1)nc(SCc1ccc(Cl)cc1F)n2CCOC. The largest absolute Gasteiger partial charge is 0.462 e. The van der Waals surface area contributed by atoms with E-state index in [2.05, 4.69) is 4.98 Å². The number of rotatable bonds is 8. The van der Waals surface area contributed by atoms with E-state index in [-0.39, 0.29) is 11.8 Å². The van der Waals surface area contributed by atoms with Crippen molar-refractivity contribution in [1.29, 1.82) is 0 Å². The zero-order chi connectivity index (χ0) is 20.1. The number of carbonyl (C=O) groups excluding carboxylic acids is 1. The molecule has 0 amide bonds. The molecule has 0 saturated heterocycles. The van der Waals surface area contributed by atoms with Gasteiger partial charge >= 0.3 is 5.97 Å². The van der Waals surface area contributed by atoms with E-state index in [9.17, 15) is 9.18 Å². The second-order valence-corrected chi connectivity index (χ2v) is 7.37. The van der Waals surface area contributed by atoms with Gasteiger partial charge in [0.25, 0.3) is 0 Å². The lowest BCUT2D eigenvalue weighted by Gasteiger charge is -2.09. The first-order valence-electron chi connectivity index (χ1n) is 8.76. The van der Waals surface area contributed by atoms with Gasteiger partial charge in [-0.2, -0.15) is 0 Å². The fraction of sp³-hybridized carbons (Fsp3) is 0.300. The third-order valence-corrected chi connectivity index (χ3v) is 5.38. The van der Waals surface area contributed by atoms with E-state index in [1.807, 2.05) is 10.6 Å². The first kappa shape index (κ1) is 20.6. The molecule has 0 radical (unpaired) electrons. The van der Waals surface area contributed by atoms with Crippen LogP contribution in [0.1, 0.15) is 22.8 Å². The molecule has 5 nitrogen and oxygen atoms in total. The van der Waals surface area contributed by atoms with E-state index < -0.39 is 0 Å². The van der Waals surface area contributed by atoms with Gasteiger partial charge in [0, 0.05) is 24.4 Å². The normalized spacial score (nSPS) is 11.1. The second kappa shape index (κ2) is 9.41. The number of benzene rings is 2. The molecule has 0 aliphatic carbocycles. The van der Waals surface area contributed by atoms with Gasteiger partial charge in [0.05, 0.1) is 29.8 Å². The van der Waals surface area contributed by atoms with Gasteiger partial charge in [-0.25, -0.2) is 14.2 Å². The van der Waals surface area contributed by atoms with Crippen LogP contribution in [0.2, 0.25) is 5.02 Å². The summed E-state index contributed by atoms with van der Waals surface area (Å²) < 4.78 is 26.3. The van der Waals surface area contributed by atoms with Crippen LogP contribution in [0.5, 0.6) is 0 Å². The van der Waals surface area contributed by atoms with E-state index in [1.54, 1.807) is 38.3 Å². The highest BCUT2D eigenvalue weighted by Crippen LogP contribution is 2.29. The van der Waals surface area contributed by atoms with Crippen LogP contribution in [0.25, 0.3) is 11.0 Å². The number of carbonyl (C=O) groups is 1. The smallest absolute Gasteiger partial charge is 0.338 e. The summed E-state index contributed by atoms with van der Waals surface area (Å²) in [6, 6.07) is 9.92. The maximum atomic E-state index is 14.1. The van der Waals surface area contributed by atoms with Gasteiger partial charge < -0.3 is 14.0 Å². The molecular weight excluding hydrogens is 403 g/mol. The maximum absolute atomic E-state index is 14.1. The Morgan fingerprint density at radius 1 is 1.29 bits per heavy atom. The molecule has 148 valence electrons. The Hall–Kier alpha value is -2.09. The standard InChI is InChI=1S/C20H20ClFN2O3S/c1-3-27-19(25)13-5-7-18-17(10-13)23-20(24(18)8-9-26-2)28-12-14-4-6-15(21)11-16(14)22/h4-7,10-11H,3,8-9,12H2,1-2H3. The minimum absolute atomic E-state index is 0.312. The summed E-state index contributed by atoms with van der Waals surface area (Å²) in [5.41, 5.74) is 2.56. The van der Waals surface area contributed by atoms with Gasteiger partial charge in [-0.15, -0.1) is 0 Å². The van der Waals surface area contributed by atoms with Crippen LogP contribution in [-0.2, 0) is 21.8 Å². The maximum Gasteiger partial charge on any atom is 0.338 e. The zero-order valence-corrected chi connectivity index (χ0v) is 17.1. The number of hydrogen-bond acceptors (Lipinski definition) is 5. The number of hydrogen-bond donors (Lipinski definition) is 0. The van der Waals surface area contributed by atoms with Gasteiger partial charge in [-0.1, -0.05) is 29.4 Å². The van der Waals surface area contributed by atoms with Crippen LogP contribution in [-0.4, -0.2) is 35.8 Å². The zero-order valence-electron chi connectivity index (χ0n) is 15.6. The van der Waals surface area contributed by atoms with Gasteiger partial charge in [-0.05, 0) is 42.8 Å². The lowest BCUT2D eigenvalue weighted by Crippen LogP contribution is -2.06. The highest BCUT2D eigenvalue weighted by atomic mass is 35.5. The van der Waals surface area contributed by atoms with E-state index in [0.717, 1.165) is 10.7 Å². The van der Waals surface area contributed by atoms with Crippen LogP contribution >= 0.6 is 23.4 Å². The van der Waals surface area contributed by atoms with Crippen LogP contribution in [0, 0.1) is 5.82 Å². The van der Waals surface area contributed by atoms with Crippen LogP contribution in [0.4, 0.5) is 4.39 Å². The van der Waals surface area contributed by atoms with E-state index in [4.69, 9.17) is 21.1 Å². The third kappa shape index (κ3) is 4.66. The molecule has 0 bridgehead atoms. The minimum Gasteiger partial charge on any atom is -0.462 e. The summed E-state index contributed by atoms with van der Waals surface area (Å²) in [6.45, 7) is 3.18. The molecule has 0 aliphatic heterocycles. The monoisotopic (exact) mass is 422 g/mol. The molecule has 0 fully saturated rings. The predicted octanol–water partition coefficient (Wildman–Crippen LogP) is 4.94. The Balaban J connectivity index is 1.91. The average Bonchev–Trinajstić information content (AvgIpc) is 3.02. The van der Waals surface area contributed by atoms with Crippen molar-refractivity contribution >= 4 is 40.4 Å². The molecule has 0 N–H and O–H groups in total. The summed E-state index contributed by atoms with van der Waals surface area (Å²) in [7, 11) is 1.63. The van der Waals surface area contributed by atoms with Gasteiger partial charge in [0.2, 0.25) is 0 Å². The van der Waals surface area contributed by atoms with Gasteiger partial charge in [0.1, 0.15) is 5.82 Å². The quantitative estimate of drug-likeness (QED) is 0.380. The molecule has 28 heavy (non-hydrogen) atoms. The van der Waals surface area contributed by atoms with E-state index in [0.29, 0.717) is 47.2 Å². The van der Waals surface area contributed by atoms with Crippen molar-refractivity contribution in [2.75, 3.05) is 20.3 Å². The lowest BCUT2D eigenvalue weighted by atomic mass is 10.2. The third-order valence-electron chi connectivity index (χ3n) is 4.12. The number of methoxy groups -OCH3 is 1. The van der Waals surface area contributed by atoms with Crippen molar-refractivity contribution in [1.82, 2.24) is 9.55 Å². The van der Waals surface area contributed by atoms with Crippen molar-refractivity contribution in [3.05, 3.63) is 58.4 Å². The Morgan fingerprint density at radius 2 is 2.11 bits per heavy atom. The summed E-state index contributed by atoms with van der Waals surface area (Å²) in [4.78, 5) is 16.6. The number of imidazole rings is 1. The summed E-state index contributed by atoms with van der Waals surface area (Å²) >= 11 is 7.24. The fourth-order valence-electron chi connectivity index (χ4n) is 2.74. The first-order chi connectivity index (χ1) is 13.5. The number of aromatic nitrogens is 2. The Bertz CT molecular complexity index is 993. The molecule has 0 atom stereocenters. The molecule has 0 unspecified atom stereocenters. The Morgan fingerprint density at radius 3 is 2.82 bits per heavy atom. The first-order valence-corrected chi connectivity index (χ1v) is 10.1. The second-order valence-electron chi connectivity index (χ2n) is 5.99. The highest BCUT2D eigenvalue weighted by Gasteiger charge is 2.15. The summed E-state index contributed by atoms with van der Waals surface area (Å²) in [5, 5.41) is 1.09.